The van der Waals surface area contributed by atoms with Gasteiger partial charge in [-0.1, -0.05) is 43.7 Å². The van der Waals surface area contributed by atoms with Gasteiger partial charge in [-0.25, -0.2) is 4.39 Å². The largest absolute Gasteiger partial charge is 0.388 e. The Labute approximate surface area is 131 Å². The van der Waals surface area contributed by atoms with Crippen molar-refractivity contribution in [3.63, 3.8) is 0 Å². The summed E-state index contributed by atoms with van der Waals surface area (Å²) in [6.45, 7) is 2.43. The number of hydrogen-bond donors (Lipinski definition) is 3. The van der Waals surface area contributed by atoms with Crippen LogP contribution >= 0.6 is 0 Å². The minimum atomic E-state index is -0.892. The van der Waals surface area contributed by atoms with Crippen LogP contribution in [0.3, 0.4) is 0 Å². The van der Waals surface area contributed by atoms with E-state index in [0.29, 0.717) is 37.3 Å². The molecule has 1 saturated carbocycles. The lowest BCUT2D eigenvalue weighted by atomic mass is 9.78. The van der Waals surface area contributed by atoms with E-state index in [4.69, 9.17) is 5.73 Å². The van der Waals surface area contributed by atoms with Crippen molar-refractivity contribution < 1.29 is 14.6 Å². The number of benzene rings is 1. The highest BCUT2D eigenvalue weighted by Gasteiger charge is 2.30. The molecule has 0 spiro atoms. The molecule has 0 radical (unpaired) electrons. The maximum atomic E-state index is 14.5. The van der Waals surface area contributed by atoms with Gasteiger partial charge < -0.3 is 15.9 Å². The molecule has 2 unspecified atom stereocenters. The van der Waals surface area contributed by atoms with E-state index in [-0.39, 0.29) is 5.56 Å². The van der Waals surface area contributed by atoms with Crippen LogP contribution in [0.5, 0.6) is 0 Å². The van der Waals surface area contributed by atoms with E-state index in [1.165, 1.54) is 0 Å². The molecule has 0 heterocycles. The quantitative estimate of drug-likeness (QED) is 0.783. The van der Waals surface area contributed by atoms with Gasteiger partial charge >= 0.3 is 0 Å². The average molecular weight is 307 g/mol. The molecule has 1 aliphatic rings. The predicted octanol–water partition coefficient (Wildman–Crippen LogP) is 3.16. The molecule has 2 rings (SSSR count). The van der Waals surface area contributed by atoms with Crippen molar-refractivity contribution in [1.82, 2.24) is 0 Å². The van der Waals surface area contributed by atoms with Gasteiger partial charge in [0.1, 0.15) is 5.82 Å². The molecule has 3 atom stereocenters. The fraction of sp³-hybridized carbons (Fsp3) is 0.556. The Kier molecular flexibility index (Phi) is 5.73. The lowest BCUT2D eigenvalue weighted by molar-refractivity contribution is 0.0326. The highest BCUT2D eigenvalue weighted by molar-refractivity contribution is 5.53. The first-order valence-electron chi connectivity index (χ1n) is 8.03. The normalized spacial score (nSPS) is 27.2. The number of nitrogens with two attached hydrogens (primary N) is 1. The second-order valence-electron chi connectivity index (χ2n) is 6.48. The summed E-state index contributed by atoms with van der Waals surface area (Å²) in [7, 11) is 0. The van der Waals surface area contributed by atoms with Crippen molar-refractivity contribution in [2.24, 2.45) is 11.7 Å². The zero-order valence-corrected chi connectivity index (χ0v) is 13.1. The monoisotopic (exact) mass is 307 g/mol. The number of aliphatic hydroxyl groups is 2. The van der Waals surface area contributed by atoms with Gasteiger partial charge in [0.15, 0.2) is 0 Å². The SMILES string of the molecule is C[C@H]1CCCC(O)(/C=C/c2cccc(C(O)CCN)c2F)C1. The molecule has 1 aromatic carbocycles. The molecule has 1 fully saturated rings. The van der Waals surface area contributed by atoms with Crippen LogP contribution in [-0.2, 0) is 0 Å². The number of hydrogen-bond acceptors (Lipinski definition) is 3. The zero-order chi connectivity index (χ0) is 16.2. The van der Waals surface area contributed by atoms with Gasteiger partial charge in [0.25, 0.3) is 0 Å². The fourth-order valence-corrected chi connectivity index (χ4v) is 3.23. The Balaban J connectivity index is 2.19. The molecule has 0 saturated heterocycles. The van der Waals surface area contributed by atoms with Gasteiger partial charge in [-0.15, -0.1) is 0 Å². The van der Waals surface area contributed by atoms with Crippen molar-refractivity contribution in [3.05, 3.63) is 41.2 Å². The number of halogens is 1. The Morgan fingerprint density at radius 1 is 1.50 bits per heavy atom. The third-order valence-electron chi connectivity index (χ3n) is 4.44. The third-order valence-corrected chi connectivity index (χ3v) is 4.44. The number of rotatable bonds is 5. The van der Waals surface area contributed by atoms with Gasteiger partial charge in [-0.3, -0.25) is 0 Å². The van der Waals surface area contributed by atoms with Crippen molar-refractivity contribution in [2.75, 3.05) is 6.54 Å². The first kappa shape index (κ1) is 17.1. The van der Waals surface area contributed by atoms with Crippen LogP contribution < -0.4 is 5.73 Å². The Morgan fingerprint density at radius 2 is 2.27 bits per heavy atom. The van der Waals surface area contributed by atoms with E-state index < -0.39 is 17.5 Å². The van der Waals surface area contributed by atoms with Crippen molar-refractivity contribution in [1.29, 1.82) is 0 Å². The van der Waals surface area contributed by atoms with Crippen LogP contribution in [-0.4, -0.2) is 22.4 Å². The van der Waals surface area contributed by atoms with Crippen LogP contribution in [0.15, 0.2) is 24.3 Å². The Hall–Kier alpha value is -1.23. The highest BCUT2D eigenvalue weighted by Crippen LogP contribution is 2.34. The van der Waals surface area contributed by atoms with Crippen LogP contribution in [0.25, 0.3) is 6.08 Å². The summed E-state index contributed by atoms with van der Waals surface area (Å²) >= 11 is 0. The molecule has 3 nitrogen and oxygen atoms in total. The summed E-state index contributed by atoms with van der Waals surface area (Å²) in [6.07, 6.45) is 6.31. The minimum absolute atomic E-state index is 0.261. The van der Waals surface area contributed by atoms with E-state index in [1.54, 1.807) is 30.4 Å². The smallest absolute Gasteiger partial charge is 0.136 e. The summed E-state index contributed by atoms with van der Waals surface area (Å²) in [6, 6.07) is 4.94. The summed E-state index contributed by atoms with van der Waals surface area (Å²) in [4.78, 5) is 0. The third kappa shape index (κ3) is 4.15. The van der Waals surface area contributed by atoms with Crippen LogP contribution in [0, 0.1) is 11.7 Å². The van der Waals surface area contributed by atoms with Gasteiger partial charge in [0.2, 0.25) is 0 Å². The standard InChI is InChI=1S/C18H26FNO2/c1-13-4-3-9-18(22,12-13)10-7-14-5-2-6-15(17(14)19)16(21)8-11-20/h2,5-7,10,13,16,21-22H,3-4,8-9,11-12,20H2,1H3/b10-7+/t13-,16?,18?/m0/s1. The molecule has 1 aromatic rings. The van der Waals surface area contributed by atoms with E-state index >= 15 is 0 Å². The fourth-order valence-electron chi connectivity index (χ4n) is 3.23. The first-order chi connectivity index (χ1) is 10.4. The first-order valence-corrected chi connectivity index (χ1v) is 8.03. The topological polar surface area (TPSA) is 66.5 Å². The highest BCUT2D eigenvalue weighted by atomic mass is 19.1. The molecule has 0 bridgehead atoms. The van der Waals surface area contributed by atoms with E-state index in [1.807, 2.05) is 0 Å². The van der Waals surface area contributed by atoms with Crippen molar-refractivity contribution in [2.45, 2.75) is 50.7 Å². The second kappa shape index (κ2) is 7.36. The molecule has 22 heavy (non-hydrogen) atoms. The Bertz CT molecular complexity index is 532. The molecule has 0 aliphatic heterocycles. The average Bonchev–Trinajstić information content (AvgIpc) is 2.46. The lowest BCUT2D eigenvalue weighted by Crippen LogP contribution is -2.32. The molecule has 122 valence electrons. The van der Waals surface area contributed by atoms with Crippen LogP contribution in [0.2, 0.25) is 0 Å². The van der Waals surface area contributed by atoms with E-state index in [9.17, 15) is 14.6 Å². The molecule has 4 heteroatoms. The van der Waals surface area contributed by atoms with Crippen molar-refractivity contribution >= 4 is 6.08 Å². The zero-order valence-electron chi connectivity index (χ0n) is 13.1. The maximum Gasteiger partial charge on any atom is 0.136 e. The molecule has 0 amide bonds. The summed E-state index contributed by atoms with van der Waals surface area (Å²) in [5, 5.41) is 20.5. The molecule has 4 N–H and O–H groups in total. The van der Waals surface area contributed by atoms with Crippen LogP contribution in [0.1, 0.15) is 56.3 Å². The number of aliphatic hydroxyl groups excluding tert-OH is 1. The Morgan fingerprint density at radius 3 is 2.95 bits per heavy atom. The van der Waals surface area contributed by atoms with E-state index in [0.717, 1.165) is 12.8 Å². The van der Waals surface area contributed by atoms with Gasteiger partial charge in [-0.05, 0) is 38.1 Å². The van der Waals surface area contributed by atoms with Gasteiger partial charge in [0.05, 0.1) is 11.7 Å². The van der Waals surface area contributed by atoms with Crippen LogP contribution in [0.4, 0.5) is 4.39 Å². The molecule has 0 aromatic heterocycles. The second-order valence-corrected chi connectivity index (χ2v) is 6.48. The van der Waals surface area contributed by atoms with E-state index in [2.05, 4.69) is 6.92 Å². The summed E-state index contributed by atoms with van der Waals surface area (Å²) in [5.41, 5.74) is 5.21. The molecular weight excluding hydrogens is 281 g/mol. The van der Waals surface area contributed by atoms with Crippen molar-refractivity contribution in [3.8, 4) is 0 Å². The summed E-state index contributed by atoms with van der Waals surface area (Å²) in [5.74, 6) is 0.0399. The predicted molar refractivity (Wildman–Crippen MR) is 86.6 cm³/mol. The molecule has 1 aliphatic carbocycles. The van der Waals surface area contributed by atoms with Gasteiger partial charge in [0, 0.05) is 11.1 Å². The maximum absolute atomic E-state index is 14.5. The molecular formula is C18H26FNO2. The summed E-state index contributed by atoms with van der Waals surface area (Å²) < 4.78 is 14.5. The lowest BCUT2D eigenvalue weighted by Gasteiger charge is -2.33. The minimum Gasteiger partial charge on any atom is -0.388 e. The van der Waals surface area contributed by atoms with Gasteiger partial charge in [-0.2, -0.15) is 0 Å².